The molecular formula is C10H19NO. The second kappa shape index (κ2) is 2.57. The Balaban J connectivity index is 2.80. The minimum atomic E-state index is -0.662. The summed E-state index contributed by atoms with van der Waals surface area (Å²) in [5.74, 6) is 0.236. The smallest absolute Gasteiger partial charge is 0.0895 e. The van der Waals surface area contributed by atoms with Gasteiger partial charge in [0.05, 0.1) is 5.60 Å². The van der Waals surface area contributed by atoms with Gasteiger partial charge < -0.3 is 10.8 Å². The maximum atomic E-state index is 10.0. The van der Waals surface area contributed by atoms with Gasteiger partial charge in [0, 0.05) is 17.9 Å². The van der Waals surface area contributed by atoms with E-state index in [1.54, 1.807) is 0 Å². The average molecular weight is 169 g/mol. The first kappa shape index (κ1) is 9.75. The van der Waals surface area contributed by atoms with Crippen LogP contribution in [-0.4, -0.2) is 17.3 Å². The molecule has 0 aromatic carbocycles. The fourth-order valence-corrected chi connectivity index (χ4v) is 1.94. The summed E-state index contributed by atoms with van der Waals surface area (Å²) < 4.78 is 0. The van der Waals surface area contributed by atoms with E-state index in [4.69, 9.17) is 5.73 Å². The summed E-state index contributed by atoms with van der Waals surface area (Å²) in [6.07, 6.45) is 2.12. The van der Waals surface area contributed by atoms with Gasteiger partial charge >= 0.3 is 0 Å². The first-order chi connectivity index (χ1) is 5.36. The lowest BCUT2D eigenvalue weighted by Gasteiger charge is -2.08. The van der Waals surface area contributed by atoms with Crippen molar-refractivity contribution < 1.29 is 5.11 Å². The van der Waals surface area contributed by atoms with Crippen LogP contribution in [0.3, 0.4) is 0 Å². The zero-order valence-corrected chi connectivity index (χ0v) is 8.39. The van der Waals surface area contributed by atoms with Gasteiger partial charge in [-0.2, -0.15) is 0 Å². The van der Waals surface area contributed by atoms with Crippen LogP contribution in [0.15, 0.2) is 11.6 Å². The van der Waals surface area contributed by atoms with Crippen LogP contribution in [0.25, 0.3) is 0 Å². The molecule has 0 spiro atoms. The molecule has 12 heavy (non-hydrogen) atoms. The molecular weight excluding hydrogens is 150 g/mol. The lowest BCUT2D eigenvalue weighted by Crippen LogP contribution is -2.27. The maximum absolute atomic E-state index is 10.0. The van der Waals surface area contributed by atoms with Gasteiger partial charge in [-0.25, -0.2) is 0 Å². The summed E-state index contributed by atoms with van der Waals surface area (Å²) in [6.45, 7) is 8.57. The molecule has 1 fully saturated rings. The van der Waals surface area contributed by atoms with Crippen LogP contribution in [0, 0.1) is 11.3 Å². The summed E-state index contributed by atoms with van der Waals surface area (Å²) in [4.78, 5) is 0. The highest BCUT2D eigenvalue weighted by atomic mass is 16.3. The first-order valence-electron chi connectivity index (χ1n) is 4.43. The standard InChI is InChI=1S/C10H19NO/c1-7(2)5-8-9(3,4)10(8,12)6-11/h5,8,12H,6,11H2,1-4H3. The van der Waals surface area contributed by atoms with Gasteiger partial charge in [-0.1, -0.05) is 25.5 Å². The third-order valence-electron chi connectivity index (χ3n) is 3.14. The molecule has 0 saturated heterocycles. The van der Waals surface area contributed by atoms with Crippen LogP contribution >= 0.6 is 0 Å². The molecule has 1 rings (SSSR count). The maximum Gasteiger partial charge on any atom is 0.0895 e. The predicted octanol–water partition coefficient (Wildman–Crippen LogP) is 1.30. The van der Waals surface area contributed by atoms with Gasteiger partial charge in [0.2, 0.25) is 0 Å². The molecule has 3 N–H and O–H groups in total. The van der Waals surface area contributed by atoms with E-state index in [9.17, 15) is 5.11 Å². The molecule has 2 atom stereocenters. The molecule has 1 aliphatic rings. The molecule has 2 nitrogen and oxygen atoms in total. The van der Waals surface area contributed by atoms with Crippen LogP contribution in [0.2, 0.25) is 0 Å². The second-order valence-electron chi connectivity index (χ2n) is 4.57. The molecule has 0 amide bonds. The minimum absolute atomic E-state index is 0.0426. The minimum Gasteiger partial charge on any atom is -0.387 e. The highest BCUT2D eigenvalue weighted by molar-refractivity contribution is 5.27. The molecule has 2 heteroatoms. The molecule has 0 aromatic heterocycles. The predicted molar refractivity (Wildman–Crippen MR) is 50.7 cm³/mol. The third kappa shape index (κ3) is 1.10. The van der Waals surface area contributed by atoms with Crippen molar-refractivity contribution in [2.24, 2.45) is 17.1 Å². The summed E-state index contributed by atoms with van der Waals surface area (Å²) >= 11 is 0. The molecule has 70 valence electrons. The van der Waals surface area contributed by atoms with E-state index >= 15 is 0 Å². The SMILES string of the molecule is CC(C)=CC1C(C)(C)C1(O)CN. The number of rotatable bonds is 2. The highest BCUT2D eigenvalue weighted by Gasteiger charge is 2.68. The van der Waals surface area contributed by atoms with E-state index in [0.29, 0.717) is 6.54 Å². The van der Waals surface area contributed by atoms with Crippen molar-refractivity contribution in [2.75, 3.05) is 6.54 Å². The van der Waals surface area contributed by atoms with Gasteiger partial charge in [-0.15, -0.1) is 0 Å². The van der Waals surface area contributed by atoms with E-state index in [1.165, 1.54) is 5.57 Å². The van der Waals surface area contributed by atoms with Crippen molar-refractivity contribution in [2.45, 2.75) is 33.3 Å². The van der Waals surface area contributed by atoms with Crippen molar-refractivity contribution in [3.63, 3.8) is 0 Å². The lowest BCUT2D eigenvalue weighted by atomic mass is 10.1. The van der Waals surface area contributed by atoms with Crippen LogP contribution in [-0.2, 0) is 0 Å². The Morgan fingerprint density at radius 1 is 1.50 bits per heavy atom. The van der Waals surface area contributed by atoms with Crippen LogP contribution in [0.5, 0.6) is 0 Å². The number of hydrogen-bond donors (Lipinski definition) is 2. The van der Waals surface area contributed by atoms with Crippen LogP contribution in [0.4, 0.5) is 0 Å². The normalized spacial score (nSPS) is 37.7. The van der Waals surface area contributed by atoms with Gasteiger partial charge in [0.15, 0.2) is 0 Å². The van der Waals surface area contributed by atoms with Gasteiger partial charge in [-0.3, -0.25) is 0 Å². The zero-order valence-electron chi connectivity index (χ0n) is 8.39. The Morgan fingerprint density at radius 2 is 2.00 bits per heavy atom. The largest absolute Gasteiger partial charge is 0.387 e. The highest BCUT2D eigenvalue weighted by Crippen LogP contribution is 2.61. The number of allylic oxidation sites excluding steroid dienone is 1. The third-order valence-corrected chi connectivity index (χ3v) is 3.14. The van der Waals surface area contributed by atoms with Crippen molar-refractivity contribution in [3.8, 4) is 0 Å². The molecule has 0 heterocycles. The summed E-state index contributed by atoms with van der Waals surface area (Å²) in [6, 6.07) is 0. The van der Waals surface area contributed by atoms with E-state index in [0.717, 1.165) is 0 Å². The van der Waals surface area contributed by atoms with E-state index < -0.39 is 5.60 Å². The molecule has 2 unspecified atom stereocenters. The van der Waals surface area contributed by atoms with Gasteiger partial charge in [0.25, 0.3) is 0 Å². The fourth-order valence-electron chi connectivity index (χ4n) is 1.94. The fraction of sp³-hybridized carbons (Fsp3) is 0.800. The quantitative estimate of drug-likeness (QED) is 0.612. The van der Waals surface area contributed by atoms with Gasteiger partial charge in [0.1, 0.15) is 0 Å². The number of aliphatic hydroxyl groups is 1. The first-order valence-corrected chi connectivity index (χ1v) is 4.43. The topological polar surface area (TPSA) is 46.2 Å². The Bertz CT molecular complexity index is 216. The van der Waals surface area contributed by atoms with Crippen molar-refractivity contribution in [1.82, 2.24) is 0 Å². The number of hydrogen-bond acceptors (Lipinski definition) is 2. The van der Waals surface area contributed by atoms with Crippen molar-refractivity contribution >= 4 is 0 Å². The molecule has 0 aromatic rings. The van der Waals surface area contributed by atoms with E-state index in [2.05, 4.69) is 19.9 Å². The Morgan fingerprint density at radius 3 is 2.25 bits per heavy atom. The average Bonchev–Trinajstić information content (AvgIpc) is 2.35. The van der Waals surface area contributed by atoms with Crippen molar-refractivity contribution in [1.29, 1.82) is 0 Å². The molecule has 0 aliphatic heterocycles. The van der Waals surface area contributed by atoms with Crippen LogP contribution < -0.4 is 5.73 Å². The lowest BCUT2D eigenvalue weighted by molar-refractivity contribution is 0.113. The Hall–Kier alpha value is -0.340. The van der Waals surface area contributed by atoms with Crippen molar-refractivity contribution in [3.05, 3.63) is 11.6 Å². The molecule has 1 saturated carbocycles. The Labute approximate surface area is 74.5 Å². The molecule has 1 aliphatic carbocycles. The van der Waals surface area contributed by atoms with E-state index in [1.807, 2.05) is 13.8 Å². The Kier molecular flexibility index (Phi) is 2.09. The molecule has 0 radical (unpaired) electrons. The molecule has 0 bridgehead atoms. The summed E-state index contributed by atoms with van der Waals surface area (Å²) in [5, 5.41) is 10.0. The van der Waals surface area contributed by atoms with E-state index in [-0.39, 0.29) is 11.3 Å². The summed E-state index contributed by atoms with van der Waals surface area (Å²) in [7, 11) is 0. The zero-order chi connectivity index (χ0) is 9.57. The number of nitrogens with two attached hydrogens (primary N) is 1. The monoisotopic (exact) mass is 169 g/mol. The summed E-state index contributed by atoms with van der Waals surface area (Å²) in [5.41, 5.74) is 6.07. The van der Waals surface area contributed by atoms with Crippen LogP contribution in [0.1, 0.15) is 27.7 Å². The van der Waals surface area contributed by atoms with Gasteiger partial charge in [-0.05, 0) is 13.8 Å². The second-order valence-corrected chi connectivity index (χ2v) is 4.57.